The summed E-state index contributed by atoms with van der Waals surface area (Å²) in [6, 6.07) is -9.76. The summed E-state index contributed by atoms with van der Waals surface area (Å²) in [6.45, 7) is 3.90. The van der Waals surface area contributed by atoms with Crippen molar-refractivity contribution in [2.24, 2.45) is 29.0 Å². The van der Waals surface area contributed by atoms with Gasteiger partial charge in [0, 0.05) is 43.9 Å². The van der Waals surface area contributed by atoms with E-state index < -0.39 is 182 Å². The van der Waals surface area contributed by atoms with E-state index >= 15 is 0 Å². The Labute approximate surface area is 516 Å². The summed E-state index contributed by atoms with van der Waals surface area (Å²) in [6.07, 6.45) is -3.56. The molecule has 0 spiro atoms. The number of aliphatic hydroxyl groups excluding tert-OH is 2. The molecule has 0 saturated carbocycles. The van der Waals surface area contributed by atoms with Gasteiger partial charge in [0.25, 0.3) is 0 Å². The molecule has 3 heterocycles. The molecule has 3 fully saturated rings. The van der Waals surface area contributed by atoms with E-state index in [-0.39, 0.29) is 87.8 Å². The number of aliphatic hydroxyl groups is 2. The van der Waals surface area contributed by atoms with Crippen molar-refractivity contribution in [1.82, 2.24) is 47.0 Å². The van der Waals surface area contributed by atoms with Crippen LogP contribution in [0.1, 0.15) is 103 Å². The molecule has 0 aliphatic carbocycles. The number of nitrogens with one attached hydrogen (secondary N) is 7. The molecule has 10 amide bonds. The Morgan fingerprint density at radius 3 is 1.90 bits per heavy atom. The second-order valence-electron chi connectivity index (χ2n) is 22.1. The highest BCUT2D eigenvalue weighted by atomic mass is 33.1. The van der Waals surface area contributed by atoms with Gasteiger partial charge in [-0.3, -0.25) is 62.4 Å². The standard InChI is InChI=1S/C55H84N12O19S2/c1-28(2)21-36-49(78)61-38(24-44(74)86-85-4)51(80)65-45(29(3)69)55(84)67-20-8-11-41(67)53(82)63-37(22-30-12-14-32(70)15-13-30)50(79)59-34(16-17-43(72)73)42(71)23-31(46(58)75)26-87-88-27-39(54(83)66-19-7-10-40(66)52(81)62-36)64-48(77)35(9-5-6-18-56)60-47(76)33(57)25-68/h12-15,28-29,31,33-41,45,68-70H,5-11,16-27,56-57H2,1-4H3,(H2,58,75)(H,59,79)(H,60,76)(H,61,78)(H,62,81)(H,63,82)(H,64,77)(H,65,80)(H,72,73)/t29?,31-,33-,34-,35-,36-,37-,38-,39-,40-,41-,45?/m0/s1. The number of unbranched alkanes of at least 4 members (excludes halogenated alkanes) is 1. The normalized spacial score (nSPS) is 25.4. The van der Waals surface area contributed by atoms with Crippen molar-refractivity contribution in [3.05, 3.63) is 29.8 Å². The number of primary amides is 1. The van der Waals surface area contributed by atoms with E-state index in [0.717, 1.165) is 40.5 Å². The molecule has 490 valence electrons. The number of rotatable bonds is 21. The van der Waals surface area contributed by atoms with Crippen molar-refractivity contribution in [2.75, 3.05) is 44.9 Å². The third-order valence-corrected chi connectivity index (χ3v) is 17.3. The molecule has 2 unspecified atom stereocenters. The van der Waals surface area contributed by atoms with Crippen LogP contribution < -0.4 is 54.4 Å². The van der Waals surface area contributed by atoms with Gasteiger partial charge >= 0.3 is 11.9 Å². The summed E-state index contributed by atoms with van der Waals surface area (Å²) in [5, 5.41) is 58.1. The summed E-state index contributed by atoms with van der Waals surface area (Å²) in [4.78, 5) is 192. The summed E-state index contributed by atoms with van der Waals surface area (Å²) < 4.78 is 0. The van der Waals surface area contributed by atoms with Gasteiger partial charge in [0.15, 0.2) is 5.78 Å². The van der Waals surface area contributed by atoms with Crippen LogP contribution in [0.5, 0.6) is 5.75 Å². The van der Waals surface area contributed by atoms with E-state index in [9.17, 15) is 82.8 Å². The molecule has 88 heavy (non-hydrogen) atoms. The van der Waals surface area contributed by atoms with Gasteiger partial charge in [0.2, 0.25) is 59.1 Å². The molecule has 0 aromatic heterocycles. The zero-order valence-electron chi connectivity index (χ0n) is 49.6. The van der Waals surface area contributed by atoms with E-state index in [0.29, 0.717) is 18.4 Å². The number of nitrogens with two attached hydrogens (primary N) is 3. The molecule has 31 nitrogen and oxygen atoms in total. The summed E-state index contributed by atoms with van der Waals surface area (Å²) >= 11 is 0. The van der Waals surface area contributed by atoms with Crippen molar-refractivity contribution >= 4 is 98.4 Å². The molecule has 0 radical (unpaired) electrons. The summed E-state index contributed by atoms with van der Waals surface area (Å²) in [5.74, 6) is -15.2. The number of carboxylic acid groups (broad SMARTS) is 1. The lowest BCUT2D eigenvalue weighted by molar-refractivity contribution is -0.255. The fourth-order valence-corrected chi connectivity index (χ4v) is 12.5. The molecular formula is C55H84N12O19S2. The second kappa shape index (κ2) is 36.3. The van der Waals surface area contributed by atoms with Gasteiger partial charge < -0.3 is 84.6 Å². The number of carboxylic acids is 1. The number of hydrogen-bond donors (Lipinski definition) is 14. The van der Waals surface area contributed by atoms with Crippen molar-refractivity contribution in [1.29, 1.82) is 0 Å². The zero-order chi connectivity index (χ0) is 65.4. The Balaban J connectivity index is 1.85. The average Bonchev–Trinajstić information content (AvgIpc) is 4.36. The number of phenolic OH excluding ortho intramolecular Hbond substituents is 1. The van der Waals surface area contributed by atoms with Gasteiger partial charge in [-0.05, 0) is 94.9 Å². The quantitative estimate of drug-likeness (QED) is 0.0241. The van der Waals surface area contributed by atoms with Crippen molar-refractivity contribution < 1.29 is 92.5 Å². The van der Waals surface area contributed by atoms with Crippen LogP contribution in [0.3, 0.4) is 0 Å². The van der Waals surface area contributed by atoms with Crippen LogP contribution in [0.25, 0.3) is 0 Å². The number of carbonyl (C=O) groups excluding carboxylic acids is 12. The Morgan fingerprint density at radius 2 is 1.33 bits per heavy atom. The van der Waals surface area contributed by atoms with Gasteiger partial charge in [-0.15, -0.1) is 0 Å². The number of amides is 10. The SMILES string of the molecule is COOC(=O)C[C@@H]1NC(=O)[C@H](CC(C)C)NC(=O)[C@@H]2CCCN2C(=O)[C@@H](NC(=O)[C@H](CCCCN)NC(=O)[C@@H](N)CO)CSSC[C@@H](C(N)=O)CC(=O)[C@H](CCC(=O)O)NC(=O)[C@H](Cc2ccc(O)cc2)NC(=O)[C@@H]2CCCN2C(=O)C(C(C)O)NC1=O. The van der Waals surface area contributed by atoms with Crippen LogP contribution >= 0.6 is 21.6 Å². The first kappa shape index (κ1) is 73.3. The fraction of sp³-hybridized carbons (Fsp3) is 0.655. The van der Waals surface area contributed by atoms with E-state index in [1.165, 1.54) is 29.2 Å². The first-order valence-electron chi connectivity index (χ1n) is 29.0. The number of aliphatic carboxylic acids is 1. The third kappa shape index (κ3) is 22.8. The topological polar surface area (TPSA) is 490 Å². The molecular weight excluding hydrogens is 1200 g/mol. The fourth-order valence-electron chi connectivity index (χ4n) is 10.0. The predicted octanol–water partition coefficient (Wildman–Crippen LogP) is -4.00. The molecule has 1 aromatic rings. The van der Waals surface area contributed by atoms with Crippen molar-refractivity contribution in [3.63, 3.8) is 0 Å². The van der Waals surface area contributed by atoms with Crippen LogP contribution in [0, 0.1) is 11.8 Å². The highest BCUT2D eigenvalue weighted by Gasteiger charge is 2.44. The molecule has 3 aliphatic heterocycles. The molecule has 33 heteroatoms. The lowest BCUT2D eigenvalue weighted by atomic mass is 9.96. The zero-order valence-corrected chi connectivity index (χ0v) is 51.2. The molecule has 3 aliphatic rings. The van der Waals surface area contributed by atoms with E-state index in [1.54, 1.807) is 13.8 Å². The lowest BCUT2D eigenvalue weighted by Crippen LogP contribution is -2.62. The minimum atomic E-state index is -1.89. The average molecular weight is 1280 g/mol. The maximum absolute atomic E-state index is 14.9. The Morgan fingerprint density at radius 1 is 0.761 bits per heavy atom. The smallest absolute Gasteiger partial charge is 0.344 e. The summed E-state index contributed by atoms with van der Waals surface area (Å²) in [5.41, 5.74) is 17.7. The predicted molar refractivity (Wildman–Crippen MR) is 316 cm³/mol. The minimum Gasteiger partial charge on any atom is -0.508 e. The molecule has 3 saturated heterocycles. The molecule has 4 rings (SSSR count). The number of Topliss-reactive ketones (excluding diaryl/α,β-unsaturated/α-hetero) is 1. The molecule has 1 aromatic carbocycles. The monoisotopic (exact) mass is 1280 g/mol. The van der Waals surface area contributed by atoms with Crippen LogP contribution in [-0.4, -0.2) is 218 Å². The van der Waals surface area contributed by atoms with E-state index in [1.807, 2.05) is 0 Å². The number of carbonyl (C=O) groups is 13. The van der Waals surface area contributed by atoms with Crippen LogP contribution in [0.2, 0.25) is 0 Å². The maximum atomic E-state index is 14.9. The van der Waals surface area contributed by atoms with E-state index in [2.05, 4.69) is 47.0 Å². The van der Waals surface area contributed by atoms with Gasteiger partial charge in [-0.25, -0.2) is 4.79 Å². The minimum absolute atomic E-state index is 0.000136. The Bertz CT molecular complexity index is 2640. The summed E-state index contributed by atoms with van der Waals surface area (Å²) in [7, 11) is 2.88. The van der Waals surface area contributed by atoms with Gasteiger partial charge in [-0.2, -0.15) is 4.89 Å². The number of fused-ring (bicyclic) bond motifs is 2. The van der Waals surface area contributed by atoms with Gasteiger partial charge in [0.05, 0.1) is 38.2 Å². The number of hydrogen-bond acceptors (Lipinski definition) is 22. The van der Waals surface area contributed by atoms with E-state index in [4.69, 9.17) is 17.2 Å². The third-order valence-electron chi connectivity index (χ3n) is 14.8. The van der Waals surface area contributed by atoms with Crippen molar-refractivity contribution in [3.8, 4) is 5.75 Å². The number of phenols is 1. The highest BCUT2D eigenvalue weighted by Crippen LogP contribution is 2.29. The van der Waals surface area contributed by atoms with Gasteiger partial charge in [-0.1, -0.05) is 47.6 Å². The maximum Gasteiger partial charge on any atom is 0.344 e. The number of ketones is 1. The Kier molecular flexibility index (Phi) is 30.3. The highest BCUT2D eigenvalue weighted by molar-refractivity contribution is 8.76. The Hall–Kier alpha value is -7.17. The molecule has 0 bridgehead atoms. The number of aromatic hydroxyl groups is 1. The first-order valence-corrected chi connectivity index (χ1v) is 31.5. The van der Waals surface area contributed by atoms with Crippen LogP contribution in [0.4, 0.5) is 0 Å². The number of nitrogens with zero attached hydrogens (tertiary/aromatic N) is 2. The van der Waals surface area contributed by atoms with Gasteiger partial charge in [0.1, 0.15) is 60.1 Å². The first-order chi connectivity index (χ1) is 41.7. The van der Waals surface area contributed by atoms with Crippen LogP contribution in [-0.2, 0) is 78.5 Å². The lowest BCUT2D eigenvalue weighted by Gasteiger charge is -2.32. The van der Waals surface area contributed by atoms with Crippen molar-refractivity contribution in [2.45, 2.75) is 171 Å². The molecule has 12 atom stereocenters. The second-order valence-corrected chi connectivity index (χ2v) is 24.7. The molecule has 17 N–H and O–H groups in total. The van der Waals surface area contributed by atoms with Crippen LogP contribution in [0.15, 0.2) is 24.3 Å². The number of benzene rings is 1. The largest absolute Gasteiger partial charge is 0.508 e.